The van der Waals surface area contributed by atoms with Crippen LogP contribution in [0.25, 0.3) is 0 Å². The van der Waals surface area contributed by atoms with Crippen LogP contribution in [0.1, 0.15) is 5.56 Å². The highest BCUT2D eigenvalue weighted by molar-refractivity contribution is 7.89. The molecule has 2 N–H and O–H groups in total. The summed E-state index contributed by atoms with van der Waals surface area (Å²) in [5.41, 5.74) is 0.650. The fourth-order valence-electron chi connectivity index (χ4n) is 2.68. The number of carboxylic acid groups (broad SMARTS) is 1. The summed E-state index contributed by atoms with van der Waals surface area (Å²) in [7, 11) is -2.66. The van der Waals surface area contributed by atoms with Gasteiger partial charge in [0.1, 0.15) is 10.6 Å². The third-order valence-corrected chi connectivity index (χ3v) is 6.43. The van der Waals surface area contributed by atoms with Gasteiger partial charge < -0.3 is 15.2 Å². The highest BCUT2D eigenvalue weighted by Gasteiger charge is 2.43. The SMILES string of the molecule is COc1ccc(CN2C(C(=O)O)Nc3cc(Cl)cc(Cl)c3S2(=O)=O)cc1. The molecule has 1 heterocycles. The van der Waals surface area contributed by atoms with Crippen molar-refractivity contribution in [3.05, 3.63) is 52.0 Å². The molecule has 0 spiro atoms. The van der Waals surface area contributed by atoms with Crippen LogP contribution in [0.5, 0.6) is 5.75 Å². The van der Waals surface area contributed by atoms with Crippen molar-refractivity contribution in [3.8, 4) is 5.75 Å². The van der Waals surface area contributed by atoms with E-state index in [2.05, 4.69) is 5.32 Å². The number of hydrogen-bond acceptors (Lipinski definition) is 5. The first kappa shape index (κ1) is 18.8. The minimum Gasteiger partial charge on any atom is -0.497 e. The molecule has 2 aromatic carbocycles. The first-order valence-corrected chi connectivity index (χ1v) is 9.57. The lowest BCUT2D eigenvalue weighted by molar-refractivity contribution is -0.140. The molecule has 0 saturated heterocycles. The molecule has 0 fully saturated rings. The largest absolute Gasteiger partial charge is 0.497 e. The number of hydrogen-bond donors (Lipinski definition) is 2. The zero-order chi connectivity index (χ0) is 19.1. The predicted molar refractivity (Wildman–Crippen MR) is 97.2 cm³/mol. The number of ether oxygens (including phenoxy) is 1. The van der Waals surface area contributed by atoms with Crippen LogP contribution in [-0.2, 0) is 21.4 Å². The van der Waals surface area contributed by atoms with Gasteiger partial charge in [0.15, 0.2) is 6.17 Å². The van der Waals surface area contributed by atoms with Gasteiger partial charge in [0.25, 0.3) is 0 Å². The summed E-state index contributed by atoms with van der Waals surface area (Å²) in [5, 5.41) is 12.3. The maximum atomic E-state index is 13.0. The molecule has 3 rings (SSSR count). The van der Waals surface area contributed by atoms with Crippen LogP contribution in [0.3, 0.4) is 0 Å². The third-order valence-electron chi connectivity index (χ3n) is 3.89. The van der Waals surface area contributed by atoms with Gasteiger partial charge in [-0.25, -0.2) is 13.2 Å². The smallest absolute Gasteiger partial charge is 0.342 e. The summed E-state index contributed by atoms with van der Waals surface area (Å²) in [5.74, 6) is -0.741. The van der Waals surface area contributed by atoms with Crippen LogP contribution in [0, 0.1) is 0 Å². The molecule has 0 radical (unpaired) electrons. The van der Waals surface area contributed by atoms with Crippen LogP contribution < -0.4 is 10.1 Å². The van der Waals surface area contributed by atoms with Crippen LogP contribution in [0.4, 0.5) is 5.69 Å². The van der Waals surface area contributed by atoms with Gasteiger partial charge >= 0.3 is 5.97 Å². The molecule has 0 amide bonds. The molecule has 1 aliphatic rings. The van der Waals surface area contributed by atoms with E-state index in [1.165, 1.54) is 19.2 Å². The lowest BCUT2D eigenvalue weighted by atomic mass is 10.2. The molecule has 0 saturated carbocycles. The summed E-state index contributed by atoms with van der Waals surface area (Å²) < 4.78 is 32.0. The van der Waals surface area contributed by atoms with Crippen molar-refractivity contribution in [2.24, 2.45) is 0 Å². The van der Waals surface area contributed by atoms with E-state index in [9.17, 15) is 18.3 Å². The Morgan fingerprint density at radius 1 is 1.27 bits per heavy atom. The van der Waals surface area contributed by atoms with Crippen LogP contribution >= 0.6 is 23.2 Å². The number of halogens is 2. The monoisotopic (exact) mass is 416 g/mol. The Bertz CT molecular complexity index is 963. The second kappa shape index (κ2) is 6.96. The van der Waals surface area contributed by atoms with E-state index in [1.54, 1.807) is 24.3 Å². The second-order valence-electron chi connectivity index (χ2n) is 5.55. The van der Waals surface area contributed by atoms with E-state index in [0.29, 0.717) is 11.3 Å². The average Bonchev–Trinajstić information content (AvgIpc) is 2.56. The Morgan fingerprint density at radius 2 is 1.92 bits per heavy atom. The zero-order valence-corrected chi connectivity index (χ0v) is 15.8. The summed E-state index contributed by atoms with van der Waals surface area (Å²) in [6.45, 7) is -0.158. The number of methoxy groups -OCH3 is 1. The van der Waals surface area contributed by atoms with Gasteiger partial charge in [-0.2, -0.15) is 4.31 Å². The standard InChI is InChI=1S/C16H14Cl2N2O5S/c1-25-11-4-2-9(3-5-11)8-20-15(16(21)22)19-13-7-10(17)6-12(18)14(13)26(20,23)24/h2-7,15,19H,8H2,1H3,(H,21,22). The number of nitrogens with zero attached hydrogens (tertiary/aromatic N) is 1. The highest BCUT2D eigenvalue weighted by atomic mass is 35.5. The maximum absolute atomic E-state index is 13.0. The van der Waals surface area contributed by atoms with Crippen molar-refractivity contribution < 1.29 is 23.1 Å². The number of nitrogens with one attached hydrogen (secondary N) is 1. The lowest BCUT2D eigenvalue weighted by Gasteiger charge is -2.35. The van der Waals surface area contributed by atoms with E-state index in [0.717, 1.165) is 4.31 Å². The fourth-order valence-corrected chi connectivity index (χ4v) is 5.14. The molecule has 26 heavy (non-hydrogen) atoms. The Balaban J connectivity index is 2.07. The fraction of sp³-hybridized carbons (Fsp3) is 0.188. The summed E-state index contributed by atoms with van der Waals surface area (Å²) in [6, 6.07) is 9.28. The quantitative estimate of drug-likeness (QED) is 0.794. The molecule has 1 unspecified atom stereocenters. The molecule has 138 valence electrons. The normalized spacial score (nSPS) is 18.7. The van der Waals surface area contributed by atoms with Crippen molar-refractivity contribution in [3.63, 3.8) is 0 Å². The third kappa shape index (κ3) is 3.33. The van der Waals surface area contributed by atoms with Crippen molar-refractivity contribution >= 4 is 44.9 Å². The Morgan fingerprint density at radius 3 is 2.50 bits per heavy atom. The molecule has 2 aromatic rings. The van der Waals surface area contributed by atoms with Gasteiger partial charge in [0.2, 0.25) is 10.0 Å². The predicted octanol–water partition coefficient (Wildman–Crippen LogP) is 3.03. The summed E-state index contributed by atoms with van der Waals surface area (Å²) in [6.07, 6.45) is -1.50. The van der Waals surface area contributed by atoms with Crippen LogP contribution in [0.15, 0.2) is 41.3 Å². The molecule has 0 bridgehead atoms. The average molecular weight is 417 g/mol. The summed E-state index contributed by atoms with van der Waals surface area (Å²) in [4.78, 5) is 11.5. The van der Waals surface area contributed by atoms with Crippen LogP contribution in [-0.4, -0.2) is 37.1 Å². The first-order chi connectivity index (χ1) is 12.2. The number of carboxylic acids is 1. The van der Waals surface area contributed by atoms with Gasteiger partial charge in [0.05, 0.1) is 17.8 Å². The minimum absolute atomic E-state index is 0.0564. The molecule has 1 aliphatic heterocycles. The van der Waals surface area contributed by atoms with Gasteiger partial charge in [-0.05, 0) is 29.8 Å². The van der Waals surface area contributed by atoms with E-state index >= 15 is 0 Å². The molecular weight excluding hydrogens is 403 g/mol. The zero-order valence-electron chi connectivity index (χ0n) is 13.4. The molecule has 10 heteroatoms. The lowest BCUT2D eigenvalue weighted by Crippen LogP contribution is -2.52. The molecule has 0 aromatic heterocycles. The van der Waals surface area contributed by atoms with Gasteiger partial charge in [0, 0.05) is 11.6 Å². The molecule has 0 aliphatic carbocycles. The molecular formula is C16H14Cl2N2O5S. The summed E-state index contributed by atoms with van der Waals surface area (Å²) >= 11 is 12.0. The Kier molecular flexibility index (Phi) is 5.03. The first-order valence-electron chi connectivity index (χ1n) is 7.37. The second-order valence-corrected chi connectivity index (χ2v) is 8.22. The topological polar surface area (TPSA) is 95.9 Å². The molecule has 1 atom stereocenters. The van der Waals surface area contributed by atoms with Gasteiger partial charge in [-0.3, -0.25) is 0 Å². The van der Waals surface area contributed by atoms with E-state index in [1.807, 2.05) is 0 Å². The molecule has 7 nitrogen and oxygen atoms in total. The van der Waals surface area contributed by atoms with Crippen molar-refractivity contribution in [1.29, 1.82) is 0 Å². The highest BCUT2D eigenvalue weighted by Crippen LogP contribution is 2.40. The maximum Gasteiger partial charge on any atom is 0.342 e. The van der Waals surface area contributed by atoms with E-state index < -0.39 is 22.2 Å². The number of sulfonamides is 1. The number of carbonyl (C=O) groups is 1. The number of rotatable bonds is 4. The van der Waals surface area contributed by atoms with Gasteiger partial charge in [-0.15, -0.1) is 0 Å². The number of fused-ring (bicyclic) bond motifs is 1. The van der Waals surface area contributed by atoms with Crippen molar-refractivity contribution in [2.75, 3.05) is 12.4 Å². The van der Waals surface area contributed by atoms with E-state index in [4.69, 9.17) is 27.9 Å². The Hall–Kier alpha value is -2.00. The van der Waals surface area contributed by atoms with Crippen LogP contribution in [0.2, 0.25) is 10.0 Å². The van der Waals surface area contributed by atoms with Crippen molar-refractivity contribution in [2.45, 2.75) is 17.6 Å². The van der Waals surface area contributed by atoms with Crippen molar-refractivity contribution in [1.82, 2.24) is 4.31 Å². The number of benzene rings is 2. The van der Waals surface area contributed by atoms with E-state index in [-0.39, 0.29) is 27.2 Å². The van der Waals surface area contributed by atoms with Gasteiger partial charge in [-0.1, -0.05) is 35.3 Å². The minimum atomic E-state index is -4.17. The Labute approximate surface area is 160 Å². The number of aliphatic carboxylic acids is 1. The number of anilines is 1.